The molecular weight excluding hydrogens is 473 g/mol. The number of ether oxygens (including phenoxy) is 3. The molecular formula is C30H30FNO5. The summed E-state index contributed by atoms with van der Waals surface area (Å²) in [6.45, 7) is 1.93. The molecule has 1 aliphatic carbocycles. The minimum atomic E-state index is -0.529. The Morgan fingerprint density at radius 2 is 1.92 bits per heavy atom. The summed E-state index contributed by atoms with van der Waals surface area (Å²) in [5.74, 6) is 0.683. The van der Waals surface area contributed by atoms with Gasteiger partial charge in [0.15, 0.2) is 6.29 Å². The predicted octanol–water partition coefficient (Wildman–Crippen LogP) is 6.08. The number of rotatable bonds is 8. The zero-order chi connectivity index (χ0) is 26.1. The second kappa shape index (κ2) is 10.3. The Balaban J connectivity index is 1.43. The van der Waals surface area contributed by atoms with Gasteiger partial charge in [0.2, 0.25) is 5.88 Å². The molecule has 0 N–H and O–H groups in total. The molecule has 6 nitrogen and oxygen atoms in total. The summed E-state index contributed by atoms with van der Waals surface area (Å²) < 4.78 is 31.1. The van der Waals surface area contributed by atoms with Crippen LogP contribution in [0.2, 0.25) is 0 Å². The van der Waals surface area contributed by atoms with Crippen molar-refractivity contribution >= 4 is 12.3 Å². The lowest BCUT2D eigenvalue weighted by Gasteiger charge is -2.29. The minimum absolute atomic E-state index is 0.0925. The highest BCUT2D eigenvalue weighted by molar-refractivity contribution is 5.88. The highest BCUT2D eigenvalue weighted by atomic mass is 19.1. The number of hydrogen-bond acceptors (Lipinski definition) is 6. The summed E-state index contributed by atoms with van der Waals surface area (Å²) >= 11 is 0. The second-order valence-corrected chi connectivity index (χ2v) is 9.86. The lowest BCUT2D eigenvalue weighted by Crippen LogP contribution is -2.23. The maximum Gasteiger partial charge on any atom is 0.309 e. The highest BCUT2D eigenvalue weighted by Gasteiger charge is 2.39. The number of aldehydes is 1. The molecule has 1 aliphatic heterocycles. The van der Waals surface area contributed by atoms with E-state index >= 15 is 0 Å². The number of methoxy groups -OCH3 is 2. The van der Waals surface area contributed by atoms with Gasteiger partial charge in [-0.2, -0.15) is 0 Å². The molecule has 0 saturated heterocycles. The number of pyridine rings is 1. The number of fused-ring (bicyclic) bond motifs is 1. The van der Waals surface area contributed by atoms with E-state index in [0.717, 1.165) is 60.6 Å². The van der Waals surface area contributed by atoms with E-state index in [0.29, 0.717) is 17.0 Å². The Bertz CT molecular complexity index is 1340. The van der Waals surface area contributed by atoms with Gasteiger partial charge in [0.25, 0.3) is 0 Å². The quantitative estimate of drug-likeness (QED) is 0.274. The van der Waals surface area contributed by atoms with Gasteiger partial charge < -0.3 is 14.2 Å². The van der Waals surface area contributed by atoms with Crippen LogP contribution >= 0.6 is 0 Å². The first-order valence-electron chi connectivity index (χ1n) is 12.6. The van der Waals surface area contributed by atoms with E-state index in [9.17, 15) is 14.0 Å². The third-order valence-electron chi connectivity index (χ3n) is 7.57. The van der Waals surface area contributed by atoms with Gasteiger partial charge in [0, 0.05) is 17.2 Å². The molecule has 1 saturated carbocycles. The van der Waals surface area contributed by atoms with Crippen LogP contribution in [-0.4, -0.2) is 31.5 Å². The normalized spacial score (nSPS) is 18.2. The van der Waals surface area contributed by atoms with Crippen molar-refractivity contribution in [3.05, 3.63) is 76.7 Å². The number of nitrogens with zero attached hydrogens (tertiary/aromatic N) is 1. The largest absolute Gasteiger partial charge is 0.485 e. The van der Waals surface area contributed by atoms with E-state index in [4.69, 9.17) is 14.2 Å². The van der Waals surface area contributed by atoms with Crippen molar-refractivity contribution in [2.75, 3.05) is 14.2 Å². The molecule has 1 fully saturated rings. The number of aromatic nitrogens is 1. The van der Waals surface area contributed by atoms with Crippen molar-refractivity contribution in [1.82, 2.24) is 4.98 Å². The second-order valence-electron chi connectivity index (χ2n) is 9.86. The molecule has 1 aromatic heterocycles. The van der Waals surface area contributed by atoms with Crippen LogP contribution in [0.1, 0.15) is 65.3 Å². The first-order valence-corrected chi connectivity index (χ1v) is 12.6. The van der Waals surface area contributed by atoms with Gasteiger partial charge in [-0.15, -0.1) is 0 Å². The van der Waals surface area contributed by atoms with E-state index in [1.54, 1.807) is 12.1 Å². The molecule has 0 unspecified atom stereocenters. The smallest absolute Gasteiger partial charge is 0.309 e. The Kier molecular flexibility index (Phi) is 6.96. The molecule has 0 spiro atoms. The fourth-order valence-corrected chi connectivity index (χ4v) is 5.45. The summed E-state index contributed by atoms with van der Waals surface area (Å²) in [5.41, 5.74) is 4.16. The third kappa shape index (κ3) is 4.95. The van der Waals surface area contributed by atoms with Crippen molar-refractivity contribution in [3.63, 3.8) is 0 Å². The van der Waals surface area contributed by atoms with Crippen LogP contribution in [0.3, 0.4) is 0 Å². The van der Waals surface area contributed by atoms with Gasteiger partial charge >= 0.3 is 5.97 Å². The van der Waals surface area contributed by atoms with Crippen LogP contribution in [-0.2, 0) is 16.0 Å². The predicted molar refractivity (Wildman–Crippen MR) is 136 cm³/mol. The maximum absolute atomic E-state index is 14.5. The van der Waals surface area contributed by atoms with Crippen LogP contribution in [0.25, 0.3) is 11.1 Å². The van der Waals surface area contributed by atoms with Gasteiger partial charge in [-0.1, -0.05) is 31.2 Å². The fraction of sp³-hybridized carbons (Fsp3) is 0.367. The Hall–Kier alpha value is -3.74. The minimum Gasteiger partial charge on any atom is -0.485 e. The van der Waals surface area contributed by atoms with Gasteiger partial charge in [-0.05, 0) is 71.9 Å². The number of halogens is 1. The maximum atomic E-state index is 14.5. The Labute approximate surface area is 215 Å². The third-order valence-corrected chi connectivity index (χ3v) is 7.57. The standard InChI is InChI=1S/C30H30FNO5/c1-17(30(34)36-3)29(19-5-6-19)21-7-4-18-9-11-26(37-27(18)13-21)20-8-10-23(22(12-20)16-33)24-14-28(35-2)32-15-25(24)31/h4,7-8,10,12-17,19,26,29H,5-6,9,11H2,1-3H3/t17-,26+,29-/m0/s1. The lowest BCUT2D eigenvalue weighted by atomic mass is 9.82. The number of benzene rings is 2. The van der Waals surface area contributed by atoms with E-state index in [1.807, 2.05) is 13.0 Å². The molecule has 7 heteroatoms. The van der Waals surface area contributed by atoms with Crippen molar-refractivity contribution < 1.29 is 28.2 Å². The summed E-state index contributed by atoms with van der Waals surface area (Å²) in [7, 11) is 2.89. The number of aryl methyl sites for hydroxylation is 1. The van der Waals surface area contributed by atoms with Crippen molar-refractivity contribution in [2.45, 2.75) is 44.6 Å². The molecule has 2 aromatic carbocycles. The van der Waals surface area contributed by atoms with Crippen LogP contribution in [0.15, 0.2) is 48.7 Å². The van der Waals surface area contributed by atoms with E-state index in [2.05, 4.69) is 23.2 Å². The molecule has 2 heterocycles. The van der Waals surface area contributed by atoms with Crippen LogP contribution in [0.5, 0.6) is 11.6 Å². The van der Waals surface area contributed by atoms with Gasteiger partial charge in [0.1, 0.15) is 17.7 Å². The first kappa shape index (κ1) is 24.9. The summed E-state index contributed by atoms with van der Waals surface area (Å²) in [6.07, 6.45) is 5.38. The summed E-state index contributed by atoms with van der Waals surface area (Å²) in [5, 5.41) is 0. The van der Waals surface area contributed by atoms with Crippen LogP contribution in [0, 0.1) is 17.7 Å². The molecule has 0 radical (unpaired) electrons. The van der Waals surface area contributed by atoms with E-state index < -0.39 is 5.82 Å². The summed E-state index contributed by atoms with van der Waals surface area (Å²) in [6, 6.07) is 13.1. The van der Waals surface area contributed by atoms with E-state index in [1.165, 1.54) is 20.3 Å². The van der Waals surface area contributed by atoms with E-state index in [-0.39, 0.29) is 35.4 Å². The highest BCUT2D eigenvalue weighted by Crippen LogP contribution is 2.48. The summed E-state index contributed by atoms with van der Waals surface area (Å²) in [4.78, 5) is 28.2. The molecule has 3 aromatic rings. The number of carbonyl (C=O) groups is 2. The monoisotopic (exact) mass is 503 g/mol. The Morgan fingerprint density at radius 1 is 1.11 bits per heavy atom. The fourth-order valence-electron chi connectivity index (χ4n) is 5.45. The SMILES string of the molecule is COC(=O)[C@@H](C)[C@H](c1ccc2c(c1)O[C@@H](c1ccc(-c3cc(OC)ncc3F)c(C=O)c1)CC2)C1CC1. The van der Waals surface area contributed by atoms with Gasteiger partial charge in [0.05, 0.1) is 26.3 Å². The van der Waals surface area contributed by atoms with Crippen LogP contribution < -0.4 is 9.47 Å². The number of esters is 1. The first-order chi connectivity index (χ1) is 17.9. The zero-order valence-electron chi connectivity index (χ0n) is 21.2. The zero-order valence-corrected chi connectivity index (χ0v) is 21.2. The molecule has 2 aliphatic rings. The molecule has 37 heavy (non-hydrogen) atoms. The van der Waals surface area contributed by atoms with Crippen LogP contribution in [0.4, 0.5) is 4.39 Å². The molecule has 3 atom stereocenters. The number of carbonyl (C=O) groups excluding carboxylic acids is 2. The van der Waals surface area contributed by atoms with Crippen molar-refractivity contribution in [2.24, 2.45) is 11.8 Å². The molecule has 5 rings (SSSR count). The lowest BCUT2D eigenvalue weighted by molar-refractivity contribution is -0.145. The average Bonchev–Trinajstić information content (AvgIpc) is 3.77. The van der Waals surface area contributed by atoms with Gasteiger partial charge in [-0.25, -0.2) is 9.37 Å². The van der Waals surface area contributed by atoms with Crippen molar-refractivity contribution in [1.29, 1.82) is 0 Å². The number of hydrogen-bond donors (Lipinski definition) is 0. The topological polar surface area (TPSA) is 74.7 Å². The Morgan fingerprint density at radius 3 is 2.62 bits per heavy atom. The van der Waals surface area contributed by atoms with Crippen molar-refractivity contribution in [3.8, 4) is 22.8 Å². The van der Waals surface area contributed by atoms with Gasteiger partial charge in [-0.3, -0.25) is 9.59 Å². The molecule has 0 bridgehead atoms. The molecule has 0 amide bonds. The average molecular weight is 504 g/mol. The molecule has 192 valence electrons.